The summed E-state index contributed by atoms with van der Waals surface area (Å²) in [6.45, 7) is 11.6. The minimum absolute atomic E-state index is 0.0453. The summed E-state index contributed by atoms with van der Waals surface area (Å²) < 4.78 is 5.54. The summed E-state index contributed by atoms with van der Waals surface area (Å²) in [4.78, 5) is 25.3. The van der Waals surface area contributed by atoms with E-state index in [0.717, 1.165) is 19.1 Å². The quantitative estimate of drug-likeness (QED) is 0.738. The molecule has 0 aromatic heterocycles. The van der Waals surface area contributed by atoms with E-state index in [-0.39, 0.29) is 17.7 Å². The van der Waals surface area contributed by atoms with Crippen molar-refractivity contribution in [1.29, 1.82) is 0 Å². The van der Waals surface area contributed by atoms with Gasteiger partial charge in [-0.1, -0.05) is 6.42 Å². The van der Waals surface area contributed by atoms with Crippen LogP contribution in [0.3, 0.4) is 0 Å². The number of nitrogens with zero attached hydrogens (tertiary/aromatic N) is 1. The number of hydrogen-bond acceptors (Lipinski definition) is 3. The maximum Gasteiger partial charge on any atom is 0.410 e. The first-order valence-electron chi connectivity index (χ1n) is 7.52. The maximum absolute atomic E-state index is 12.6. The van der Waals surface area contributed by atoms with Gasteiger partial charge >= 0.3 is 6.09 Å². The molecule has 1 fully saturated rings. The van der Waals surface area contributed by atoms with Gasteiger partial charge in [-0.05, 0) is 60.3 Å². The Morgan fingerprint density at radius 2 is 1.80 bits per heavy atom. The SMILES string of the molecule is CC(C)(C)OC(=O)N(C(CC=O)C1CCC1)C(C)(C)C. The van der Waals surface area contributed by atoms with Crippen molar-refractivity contribution in [2.24, 2.45) is 5.92 Å². The largest absolute Gasteiger partial charge is 0.444 e. The molecule has 20 heavy (non-hydrogen) atoms. The molecule has 0 aromatic carbocycles. The van der Waals surface area contributed by atoms with Crippen molar-refractivity contribution in [3.05, 3.63) is 0 Å². The van der Waals surface area contributed by atoms with Gasteiger partial charge in [-0.25, -0.2) is 4.79 Å². The van der Waals surface area contributed by atoms with Crippen molar-refractivity contribution in [1.82, 2.24) is 4.90 Å². The zero-order chi connectivity index (χ0) is 15.6. The Kier molecular flexibility index (Phi) is 5.22. The van der Waals surface area contributed by atoms with Crippen molar-refractivity contribution < 1.29 is 14.3 Å². The lowest BCUT2D eigenvalue weighted by molar-refractivity contribution is -0.110. The summed E-state index contributed by atoms with van der Waals surface area (Å²) >= 11 is 0. The van der Waals surface area contributed by atoms with E-state index in [4.69, 9.17) is 4.74 Å². The maximum atomic E-state index is 12.6. The zero-order valence-electron chi connectivity index (χ0n) is 13.7. The van der Waals surface area contributed by atoms with E-state index in [2.05, 4.69) is 0 Å². The van der Waals surface area contributed by atoms with Crippen molar-refractivity contribution in [3.63, 3.8) is 0 Å². The molecule has 1 rings (SSSR count). The summed E-state index contributed by atoms with van der Waals surface area (Å²) in [5.41, 5.74) is -0.877. The third-order valence-corrected chi connectivity index (χ3v) is 3.68. The van der Waals surface area contributed by atoms with Crippen molar-refractivity contribution in [3.8, 4) is 0 Å². The molecule has 0 aromatic rings. The Labute approximate surface area is 122 Å². The summed E-state index contributed by atoms with van der Waals surface area (Å²) in [7, 11) is 0. The van der Waals surface area contributed by atoms with Gasteiger partial charge in [0.15, 0.2) is 0 Å². The Hall–Kier alpha value is -1.06. The van der Waals surface area contributed by atoms with Crippen molar-refractivity contribution in [2.75, 3.05) is 0 Å². The molecule has 116 valence electrons. The first kappa shape index (κ1) is 17.0. The number of amides is 1. The topological polar surface area (TPSA) is 46.6 Å². The fourth-order valence-electron chi connectivity index (χ4n) is 2.65. The Morgan fingerprint density at radius 3 is 2.10 bits per heavy atom. The lowest BCUT2D eigenvalue weighted by Crippen LogP contribution is -2.56. The predicted molar refractivity (Wildman–Crippen MR) is 79.6 cm³/mol. The van der Waals surface area contributed by atoms with Crippen LogP contribution in [0.1, 0.15) is 67.2 Å². The second-order valence-electron chi connectivity index (χ2n) is 7.68. The number of rotatable bonds is 4. The number of hydrogen-bond donors (Lipinski definition) is 0. The van der Waals surface area contributed by atoms with Gasteiger partial charge in [0.1, 0.15) is 11.9 Å². The first-order valence-corrected chi connectivity index (χ1v) is 7.52. The van der Waals surface area contributed by atoms with Gasteiger partial charge in [0.25, 0.3) is 0 Å². The molecule has 0 aliphatic heterocycles. The van der Waals surface area contributed by atoms with E-state index >= 15 is 0 Å². The smallest absolute Gasteiger partial charge is 0.410 e. The molecule has 0 N–H and O–H groups in total. The lowest BCUT2D eigenvalue weighted by Gasteiger charge is -2.46. The highest BCUT2D eigenvalue weighted by atomic mass is 16.6. The number of ether oxygens (including phenoxy) is 1. The lowest BCUT2D eigenvalue weighted by atomic mass is 9.77. The van der Waals surface area contributed by atoms with E-state index < -0.39 is 5.60 Å². The predicted octanol–water partition coefficient (Wildman–Crippen LogP) is 3.78. The first-order chi connectivity index (χ1) is 9.06. The molecule has 1 saturated carbocycles. The fourth-order valence-corrected chi connectivity index (χ4v) is 2.65. The highest BCUT2D eigenvalue weighted by molar-refractivity contribution is 5.70. The van der Waals surface area contributed by atoms with Gasteiger partial charge in [0.2, 0.25) is 0 Å². The van der Waals surface area contributed by atoms with Gasteiger partial charge < -0.3 is 9.53 Å². The normalized spacial score (nSPS) is 18.1. The van der Waals surface area contributed by atoms with Crippen molar-refractivity contribution >= 4 is 12.4 Å². The van der Waals surface area contributed by atoms with Crippen LogP contribution in [0.15, 0.2) is 0 Å². The molecular weight excluding hydrogens is 254 g/mol. The summed E-state index contributed by atoms with van der Waals surface area (Å²) in [5.74, 6) is 0.423. The van der Waals surface area contributed by atoms with Crippen LogP contribution in [-0.4, -0.2) is 34.5 Å². The minimum Gasteiger partial charge on any atom is -0.444 e. The molecule has 1 amide bonds. The Bertz CT molecular complexity index is 348. The standard InChI is InChI=1S/C16H29NO3/c1-15(2,3)17(14(19)20-16(4,5)6)13(10-11-18)12-8-7-9-12/h11-13H,7-10H2,1-6H3. The fraction of sp³-hybridized carbons (Fsp3) is 0.875. The van der Waals surface area contributed by atoms with E-state index in [1.165, 1.54) is 6.42 Å². The highest BCUT2D eigenvalue weighted by Gasteiger charge is 2.41. The van der Waals surface area contributed by atoms with Crippen molar-refractivity contribution in [2.45, 2.75) is 84.4 Å². The molecular formula is C16H29NO3. The Balaban J connectivity index is 2.96. The molecule has 1 unspecified atom stereocenters. The molecule has 1 aliphatic rings. The van der Waals surface area contributed by atoms with Gasteiger partial charge in [0.05, 0.1) is 0 Å². The monoisotopic (exact) mass is 283 g/mol. The molecule has 0 saturated heterocycles. The third-order valence-electron chi connectivity index (χ3n) is 3.68. The van der Waals surface area contributed by atoms with Crippen LogP contribution in [-0.2, 0) is 9.53 Å². The molecule has 4 nitrogen and oxygen atoms in total. The summed E-state index contributed by atoms with van der Waals surface area (Å²) in [5, 5.41) is 0. The third kappa shape index (κ3) is 4.50. The number of carbonyl (C=O) groups is 2. The second kappa shape index (κ2) is 6.15. The van der Waals surface area contributed by atoms with Crippen LogP contribution >= 0.6 is 0 Å². The minimum atomic E-state index is -0.522. The molecule has 0 bridgehead atoms. The molecule has 0 radical (unpaired) electrons. The average Bonchev–Trinajstić information content (AvgIpc) is 2.09. The summed E-state index contributed by atoms with van der Waals surface area (Å²) in [6, 6.07) is -0.0453. The Morgan fingerprint density at radius 1 is 1.25 bits per heavy atom. The van der Waals surface area contributed by atoms with Crippen LogP contribution < -0.4 is 0 Å². The van der Waals surface area contributed by atoms with Gasteiger partial charge in [-0.3, -0.25) is 4.90 Å². The van der Waals surface area contributed by atoms with Crippen LogP contribution in [0, 0.1) is 5.92 Å². The van der Waals surface area contributed by atoms with Gasteiger partial charge in [0, 0.05) is 18.0 Å². The van der Waals surface area contributed by atoms with E-state index in [0.29, 0.717) is 12.3 Å². The average molecular weight is 283 g/mol. The van der Waals surface area contributed by atoms with E-state index in [1.54, 1.807) is 4.90 Å². The molecule has 1 atom stereocenters. The van der Waals surface area contributed by atoms with E-state index in [9.17, 15) is 9.59 Å². The number of carbonyl (C=O) groups excluding carboxylic acids is 2. The van der Waals surface area contributed by atoms with Gasteiger partial charge in [-0.2, -0.15) is 0 Å². The van der Waals surface area contributed by atoms with E-state index in [1.807, 2.05) is 41.5 Å². The van der Waals surface area contributed by atoms with Crippen LogP contribution in [0.5, 0.6) is 0 Å². The molecule has 0 heterocycles. The highest BCUT2D eigenvalue weighted by Crippen LogP contribution is 2.36. The molecule has 1 aliphatic carbocycles. The molecule has 4 heteroatoms. The van der Waals surface area contributed by atoms with Crippen LogP contribution in [0.25, 0.3) is 0 Å². The molecule has 0 spiro atoms. The van der Waals surface area contributed by atoms with Crippen LogP contribution in [0.2, 0.25) is 0 Å². The zero-order valence-corrected chi connectivity index (χ0v) is 13.7. The number of aldehydes is 1. The van der Waals surface area contributed by atoms with Crippen LogP contribution in [0.4, 0.5) is 4.79 Å². The second-order valence-corrected chi connectivity index (χ2v) is 7.68. The summed E-state index contributed by atoms with van der Waals surface area (Å²) in [6.07, 6.45) is 4.37. The van der Waals surface area contributed by atoms with Gasteiger partial charge in [-0.15, -0.1) is 0 Å².